The van der Waals surface area contributed by atoms with Gasteiger partial charge in [-0.05, 0) is 37.3 Å². The van der Waals surface area contributed by atoms with Crippen molar-refractivity contribution in [2.45, 2.75) is 6.92 Å². The van der Waals surface area contributed by atoms with Crippen LogP contribution in [0.4, 0.5) is 10.5 Å². The van der Waals surface area contributed by atoms with Gasteiger partial charge in [-0.1, -0.05) is 29.8 Å². The number of anilines is 1. The van der Waals surface area contributed by atoms with E-state index in [9.17, 15) is 14.4 Å². The Bertz CT molecular complexity index is 795. The van der Waals surface area contributed by atoms with Crippen molar-refractivity contribution >= 4 is 35.2 Å². The quantitative estimate of drug-likeness (QED) is 0.729. The van der Waals surface area contributed by atoms with Crippen LogP contribution in [0.1, 0.15) is 27.6 Å². The second-order valence-electron chi connectivity index (χ2n) is 4.81. The van der Waals surface area contributed by atoms with E-state index in [1.54, 1.807) is 37.3 Å². The molecule has 0 atom stereocenters. The summed E-state index contributed by atoms with van der Waals surface area (Å²) in [5, 5.41) is 2.76. The molecule has 0 radical (unpaired) electrons. The van der Waals surface area contributed by atoms with Crippen molar-refractivity contribution in [2.24, 2.45) is 0 Å². The third-order valence-electron chi connectivity index (χ3n) is 3.05. The second kappa shape index (κ2) is 8.70. The highest BCUT2D eigenvalue weighted by Gasteiger charge is 2.12. The first kappa shape index (κ1) is 18.3. The fraction of sp³-hybridized carbons (Fsp3) is 0.118. The molecule has 2 aromatic carbocycles. The van der Waals surface area contributed by atoms with E-state index in [0.717, 1.165) is 0 Å². The number of carbonyl (C=O) groups excluding carboxylic acids is 3. The number of hydrazine groups is 1. The standard InChI is InChI=1S/C17H16ClN3O4/c1-2-25-17(24)19-12-7-5-6-11(10-12)15(22)20-21-16(23)13-8-3-4-9-14(13)18/h3-10H,2H2,1H3,(H,19,24)(H,20,22)(H,21,23). The molecule has 25 heavy (non-hydrogen) atoms. The van der Waals surface area contributed by atoms with Crippen molar-refractivity contribution in [2.75, 3.05) is 11.9 Å². The minimum absolute atomic E-state index is 0.236. The first-order chi connectivity index (χ1) is 12.0. The Morgan fingerprint density at radius 2 is 1.72 bits per heavy atom. The summed E-state index contributed by atoms with van der Waals surface area (Å²) in [5.41, 5.74) is 5.45. The molecule has 2 rings (SSSR count). The van der Waals surface area contributed by atoms with Crippen LogP contribution in [0.15, 0.2) is 48.5 Å². The van der Waals surface area contributed by atoms with Gasteiger partial charge in [0, 0.05) is 11.3 Å². The summed E-state index contributed by atoms with van der Waals surface area (Å²) in [4.78, 5) is 35.5. The molecule has 130 valence electrons. The van der Waals surface area contributed by atoms with Gasteiger partial charge >= 0.3 is 6.09 Å². The lowest BCUT2D eigenvalue weighted by atomic mass is 10.2. The van der Waals surface area contributed by atoms with Gasteiger partial charge in [0.05, 0.1) is 17.2 Å². The Hall–Kier alpha value is -3.06. The Morgan fingerprint density at radius 1 is 1.00 bits per heavy atom. The van der Waals surface area contributed by atoms with Crippen LogP contribution in [0.5, 0.6) is 0 Å². The second-order valence-corrected chi connectivity index (χ2v) is 5.22. The lowest BCUT2D eigenvalue weighted by Gasteiger charge is -2.10. The summed E-state index contributed by atoms with van der Waals surface area (Å²) in [6.45, 7) is 1.92. The van der Waals surface area contributed by atoms with Crippen LogP contribution in [0.3, 0.4) is 0 Å². The molecule has 7 nitrogen and oxygen atoms in total. The summed E-state index contributed by atoms with van der Waals surface area (Å²) in [6.07, 6.45) is -0.618. The first-order valence-corrected chi connectivity index (χ1v) is 7.78. The number of rotatable bonds is 4. The van der Waals surface area contributed by atoms with E-state index < -0.39 is 17.9 Å². The average Bonchev–Trinajstić information content (AvgIpc) is 2.60. The largest absolute Gasteiger partial charge is 0.450 e. The predicted octanol–water partition coefficient (Wildman–Crippen LogP) is 2.98. The summed E-state index contributed by atoms with van der Waals surface area (Å²) >= 11 is 5.92. The number of ether oxygens (including phenoxy) is 1. The normalized spacial score (nSPS) is 9.84. The van der Waals surface area contributed by atoms with Gasteiger partial charge in [0.2, 0.25) is 0 Å². The zero-order valence-electron chi connectivity index (χ0n) is 13.3. The number of benzene rings is 2. The zero-order chi connectivity index (χ0) is 18.2. The topological polar surface area (TPSA) is 96.5 Å². The van der Waals surface area contributed by atoms with Crippen LogP contribution in [0, 0.1) is 0 Å². The number of carbonyl (C=O) groups is 3. The molecule has 0 aliphatic rings. The summed E-state index contributed by atoms with van der Waals surface area (Å²) in [7, 11) is 0. The maximum atomic E-state index is 12.1. The molecule has 3 N–H and O–H groups in total. The molecular formula is C17H16ClN3O4. The van der Waals surface area contributed by atoms with Crippen LogP contribution in [-0.2, 0) is 4.74 Å². The molecule has 0 saturated carbocycles. The Morgan fingerprint density at radius 3 is 2.44 bits per heavy atom. The fourth-order valence-corrected chi connectivity index (χ4v) is 2.14. The van der Waals surface area contributed by atoms with Crippen molar-refractivity contribution in [3.63, 3.8) is 0 Å². The van der Waals surface area contributed by atoms with E-state index in [2.05, 4.69) is 16.2 Å². The minimum Gasteiger partial charge on any atom is -0.450 e. The summed E-state index contributed by atoms with van der Waals surface area (Å²) in [5.74, 6) is -1.09. The highest BCUT2D eigenvalue weighted by atomic mass is 35.5. The Balaban J connectivity index is 1.98. The van der Waals surface area contributed by atoms with Crippen molar-refractivity contribution < 1.29 is 19.1 Å². The zero-order valence-corrected chi connectivity index (χ0v) is 14.1. The lowest BCUT2D eigenvalue weighted by molar-refractivity contribution is 0.0847. The van der Waals surface area contributed by atoms with Gasteiger partial charge in [-0.2, -0.15) is 0 Å². The van der Waals surface area contributed by atoms with Gasteiger partial charge in [-0.15, -0.1) is 0 Å². The molecule has 0 aliphatic carbocycles. The molecule has 8 heteroatoms. The monoisotopic (exact) mass is 361 g/mol. The molecule has 0 aliphatic heterocycles. The number of halogens is 1. The number of amides is 3. The van der Waals surface area contributed by atoms with Gasteiger partial charge in [0.1, 0.15) is 0 Å². The van der Waals surface area contributed by atoms with E-state index in [4.69, 9.17) is 16.3 Å². The number of hydrogen-bond donors (Lipinski definition) is 3. The molecule has 3 amide bonds. The summed E-state index contributed by atoms with van der Waals surface area (Å²) < 4.78 is 4.77. The van der Waals surface area contributed by atoms with E-state index in [0.29, 0.717) is 5.69 Å². The maximum Gasteiger partial charge on any atom is 0.411 e. The van der Waals surface area contributed by atoms with Crippen LogP contribution < -0.4 is 16.2 Å². The van der Waals surface area contributed by atoms with E-state index >= 15 is 0 Å². The summed E-state index contributed by atoms with van der Waals surface area (Å²) in [6, 6.07) is 12.6. The van der Waals surface area contributed by atoms with Gasteiger partial charge in [-0.3, -0.25) is 25.8 Å². The van der Waals surface area contributed by atoms with Gasteiger partial charge in [0.15, 0.2) is 0 Å². The van der Waals surface area contributed by atoms with E-state index in [-0.39, 0.29) is 22.8 Å². The molecule has 2 aromatic rings. The van der Waals surface area contributed by atoms with Crippen molar-refractivity contribution in [3.8, 4) is 0 Å². The fourth-order valence-electron chi connectivity index (χ4n) is 1.92. The van der Waals surface area contributed by atoms with E-state index in [1.807, 2.05) is 0 Å². The average molecular weight is 362 g/mol. The highest BCUT2D eigenvalue weighted by Crippen LogP contribution is 2.14. The molecule has 0 aromatic heterocycles. The minimum atomic E-state index is -0.618. The van der Waals surface area contributed by atoms with Crippen molar-refractivity contribution in [1.82, 2.24) is 10.9 Å². The SMILES string of the molecule is CCOC(=O)Nc1cccc(C(=O)NNC(=O)c2ccccc2Cl)c1. The molecular weight excluding hydrogens is 346 g/mol. The smallest absolute Gasteiger partial charge is 0.411 e. The number of hydrogen-bond acceptors (Lipinski definition) is 4. The molecule has 0 saturated heterocycles. The lowest BCUT2D eigenvalue weighted by Crippen LogP contribution is -2.41. The number of nitrogens with one attached hydrogen (secondary N) is 3. The van der Waals surface area contributed by atoms with Crippen molar-refractivity contribution in [3.05, 3.63) is 64.7 Å². The van der Waals surface area contributed by atoms with Gasteiger partial charge < -0.3 is 4.74 Å². The predicted molar refractivity (Wildman–Crippen MR) is 93.5 cm³/mol. The van der Waals surface area contributed by atoms with Gasteiger partial charge in [0.25, 0.3) is 11.8 Å². The van der Waals surface area contributed by atoms with E-state index in [1.165, 1.54) is 18.2 Å². The highest BCUT2D eigenvalue weighted by molar-refractivity contribution is 6.33. The molecule has 0 unspecified atom stereocenters. The third kappa shape index (κ3) is 5.22. The Labute approximate surface area is 149 Å². The molecule has 0 bridgehead atoms. The molecule has 0 spiro atoms. The van der Waals surface area contributed by atoms with Crippen LogP contribution >= 0.6 is 11.6 Å². The van der Waals surface area contributed by atoms with Gasteiger partial charge in [-0.25, -0.2) is 4.79 Å². The molecule has 0 heterocycles. The van der Waals surface area contributed by atoms with Crippen molar-refractivity contribution in [1.29, 1.82) is 0 Å². The van der Waals surface area contributed by atoms with Crippen LogP contribution in [-0.4, -0.2) is 24.5 Å². The third-order valence-corrected chi connectivity index (χ3v) is 3.38. The Kier molecular flexibility index (Phi) is 6.36. The van der Waals surface area contributed by atoms with Crippen LogP contribution in [0.2, 0.25) is 5.02 Å². The van der Waals surface area contributed by atoms with Crippen LogP contribution in [0.25, 0.3) is 0 Å². The molecule has 0 fully saturated rings. The first-order valence-electron chi connectivity index (χ1n) is 7.40. The maximum absolute atomic E-state index is 12.1.